The van der Waals surface area contributed by atoms with Crippen LogP contribution in [0.1, 0.15) is 19.8 Å². The summed E-state index contributed by atoms with van der Waals surface area (Å²) in [6.07, 6.45) is 2.01. The normalized spacial score (nSPS) is 16.9. The maximum Gasteiger partial charge on any atom is 0.217 e. The van der Waals surface area contributed by atoms with E-state index in [0.717, 1.165) is 31.6 Å². The number of benzene rings is 1. The molecule has 17 heavy (non-hydrogen) atoms. The lowest BCUT2D eigenvalue weighted by Crippen LogP contribution is -2.44. The number of rotatable bonds is 2. The Morgan fingerprint density at radius 2 is 1.88 bits per heavy atom. The summed E-state index contributed by atoms with van der Waals surface area (Å²) >= 11 is 0. The van der Waals surface area contributed by atoms with E-state index in [1.54, 1.807) is 6.92 Å². The summed E-state index contributed by atoms with van der Waals surface area (Å²) in [5.41, 5.74) is 7.67. The second-order valence-corrected chi connectivity index (χ2v) is 4.55. The third-order valence-electron chi connectivity index (χ3n) is 3.16. The Morgan fingerprint density at radius 1 is 1.29 bits per heavy atom. The van der Waals surface area contributed by atoms with E-state index in [4.69, 9.17) is 5.73 Å². The fraction of sp³-hybridized carbons (Fsp3) is 0.462. The average Bonchev–Trinajstić information content (AvgIpc) is 2.30. The molecule has 1 fully saturated rings. The molecule has 0 radical (unpaired) electrons. The minimum Gasteiger partial charge on any atom is -0.399 e. The Kier molecular flexibility index (Phi) is 3.52. The first-order valence-electron chi connectivity index (χ1n) is 6.03. The van der Waals surface area contributed by atoms with Crippen LogP contribution in [0.2, 0.25) is 0 Å². The zero-order chi connectivity index (χ0) is 12.3. The number of piperidine rings is 1. The first-order chi connectivity index (χ1) is 8.15. The molecule has 1 aromatic rings. The van der Waals surface area contributed by atoms with Crippen LogP contribution >= 0.6 is 0 Å². The maximum atomic E-state index is 11.0. The Balaban J connectivity index is 1.90. The number of nitrogens with zero attached hydrogens (tertiary/aromatic N) is 1. The van der Waals surface area contributed by atoms with Gasteiger partial charge in [0.05, 0.1) is 0 Å². The predicted octanol–water partition coefficient (Wildman–Crippen LogP) is 1.37. The highest BCUT2D eigenvalue weighted by molar-refractivity contribution is 5.73. The van der Waals surface area contributed by atoms with Crippen LogP contribution in [0.4, 0.5) is 11.4 Å². The van der Waals surface area contributed by atoms with E-state index >= 15 is 0 Å². The predicted molar refractivity (Wildman–Crippen MR) is 69.9 cm³/mol. The molecule has 0 unspecified atom stereocenters. The van der Waals surface area contributed by atoms with Crippen molar-refractivity contribution in [1.29, 1.82) is 0 Å². The van der Waals surface area contributed by atoms with Gasteiger partial charge in [0, 0.05) is 37.4 Å². The van der Waals surface area contributed by atoms with Crippen LogP contribution in [-0.2, 0) is 4.79 Å². The van der Waals surface area contributed by atoms with Crippen molar-refractivity contribution in [2.75, 3.05) is 23.7 Å². The standard InChI is InChI=1S/C13H19N3O/c1-10(17)15-12-6-8-16(9-7-12)13-4-2-11(14)3-5-13/h2-5,12H,6-9,14H2,1H3,(H,15,17). The molecular weight excluding hydrogens is 214 g/mol. The van der Waals surface area contributed by atoms with Crippen LogP contribution in [0.5, 0.6) is 0 Å². The minimum absolute atomic E-state index is 0.0657. The number of amides is 1. The highest BCUT2D eigenvalue weighted by Gasteiger charge is 2.19. The van der Waals surface area contributed by atoms with Crippen molar-refractivity contribution in [2.45, 2.75) is 25.8 Å². The molecule has 0 bridgehead atoms. The Labute approximate surface area is 102 Å². The second-order valence-electron chi connectivity index (χ2n) is 4.55. The van der Waals surface area contributed by atoms with Crippen molar-refractivity contribution in [3.05, 3.63) is 24.3 Å². The number of anilines is 2. The molecule has 0 aliphatic carbocycles. The summed E-state index contributed by atoms with van der Waals surface area (Å²) in [6.45, 7) is 3.54. The molecule has 92 valence electrons. The van der Waals surface area contributed by atoms with Crippen molar-refractivity contribution in [3.8, 4) is 0 Å². The van der Waals surface area contributed by atoms with Gasteiger partial charge in [-0.05, 0) is 37.1 Å². The van der Waals surface area contributed by atoms with Crippen molar-refractivity contribution in [2.24, 2.45) is 0 Å². The second kappa shape index (κ2) is 5.08. The van der Waals surface area contributed by atoms with Crippen LogP contribution in [0.3, 0.4) is 0 Å². The first-order valence-corrected chi connectivity index (χ1v) is 6.03. The fourth-order valence-electron chi connectivity index (χ4n) is 2.25. The number of hydrogen-bond acceptors (Lipinski definition) is 3. The molecule has 1 aromatic carbocycles. The number of nitrogens with two attached hydrogens (primary N) is 1. The number of carbonyl (C=O) groups is 1. The fourth-order valence-corrected chi connectivity index (χ4v) is 2.25. The SMILES string of the molecule is CC(=O)NC1CCN(c2ccc(N)cc2)CC1. The van der Waals surface area contributed by atoms with Gasteiger partial charge in [-0.1, -0.05) is 0 Å². The lowest BCUT2D eigenvalue weighted by atomic mass is 10.0. The summed E-state index contributed by atoms with van der Waals surface area (Å²) in [4.78, 5) is 13.3. The molecule has 0 atom stereocenters. The number of carbonyl (C=O) groups excluding carboxylic acids is 1. The molecule has 2 rings (SSSR count). The third-order valence-corrected chi connectivity index (χ3v) is 3.16. The van der Waals surface area contributed by atoms with E-state index in [1.165, 1.54) is 5.69 Å². The van der Waals surface area contributed by atoms with E-state index < -0.39 is 0 Å². The molecule has 1 amide bonds. The number of nitrogens with one attached hydrogen (secondary N) is 1. The molecular formula is C13H19N3O. The van der Waals surface area contributed by atoms with Gasteiger partial charge in [0.25, 0.3) is 0 Å². The Bertz CT molecular complexity index is 380. The van der Waals surface area contributed by atoms with Gasteiger partial charge in [0.1, 0.15) is 0 Å². The summed E-state index contributed by atoms with van der Waals surface area (Å²) in [7, 11) is 0. The molecule has 0 saturated carbocycles. The molecule has 1 aliphatic rings. The highest BCUT2D eigenvalue weighted by atomic mass is 16.1. The number of hydrogen-bond donors (Lipinski definition) is 2. The van der Waals surface area contributed by atoms with Gasteiger partial charge < -0.3 is 16.0 Å². The smallest absolute Gasteiger partial charge is 0.217 e. The van der Waals surface area contributed by atoms with Crippen LogP contribution in [0.25, 0.3) is 0 Å². The summed E-state index contributed by atoms with van der Waals surface area (Å²) in [6, 6.07) is 8.28. The van der Waals surface area contributed by atoms with Crippen molar-refractivity contribution in [3.63, 3.8) is 0 Å². The minimum atomic E-state index is 0.0657. The number of nitrogen functional groups attached to an aromatic ring is 1. The van der Waals surface area contributed by atoms with Crippen molar-refractivity contribution in [1.82, 2.24) is 5.32 Å². The van der Waals surface area contributed by atoms with Crippen LogP contribution in [0.15, 0.2) is 24.3 Å². The van der Waals surface area contributed by atoms with E-state index in [9.17, 15) is 4.79 Å². The lowest BCUT2D eigenvalue weighted by Gasteiger charge is -2.33. The van der Waals surface area contributed by atoms with Crippen LogP contribution in [0, 0.1) is 0 Å². The molecule has 4 nitrogen and oxygen atoms in total. The van der Waals surface area contributed by atoms with E-state index in [1.807, 2.05) is 24.3 Å². The van der Waals surface area contributed by atoms with Crippen molar-refractivity contribution >= 4 is 17.3 Å². The molecule has 0 aromatic heterocycles. The Hall–Kier alpha value is -1.71. The lowest BCUT2D eigenvalue weighted by molar-refractivity contribution is -0.119. The quantitative estimate of drug-likeness (QED) is 0.759. The zero-order valence-electron chi connectivity index (χ0n) is 10.1. The van der Waals surface area contributed by atoms with Gasteiger partial charge in [-0.3, -0.25) is 4.79 Å². The molecule has 1 aliphatic heterocycles. The van der Waals surface area contributed by atoms with Gasteiger partial charge in [0.2, 0.25) is 5.91 Å². The topological polar surface area (TPSA) is 58.4 Å². The van der Waals surface area contributed by atoms with Gasteiger partial charge >= 0.3 is 0 Å². The molecule has 0 spiro atoms. The zero-order valence-corrected chi connectivity index (χ0v) is 10.1. The molecule has 1 saturated heterocycles. The maximum absolute atomic E-state index is 11.0. The monoisotopic (exact) mass is 233 g/mol. The van der Waals surface area contributed by atoms with Gasteiger partial charge in [0.15, 0.2) is 0 Å². The molecule has 4 heteroatoms. The summed E-state index contributed by atoms with van der Waals surface area (Å²) in [5.74, 6) is 0.0657. The first kappa shape index (κ1) is 11.8. The average molecular weight is 233 g/mol. The van der Waals surface area contributed by atoms with Gasteiger partial charge in [-0.25, -0.2) is 0 Å². The summed E-state index contributed by atoms with van der Waals surface area (Å²) < 4.78 is 0. The van der Waals surface area contributed by atoms with Crippen molar-refractivity contribution < 1.29 is 4.79 Å². The van der Waals surface area contributed by atoms with E-state index in [2.05, 4.69) is 10.2 Å². The van der Waals surface area contributed by atoms with E-state index in [-0.39, 0.29) is 5.91 Å². The highest BCUT2D eigenvalue weighted by Crippen LogP contribution is 2.20. The van der Waals surface area contributed by atoms with Gasteiger partial charge in [-0.15, -0.1) is 0 Å². The van der Waals surface area contributed by atoms with Crippen LogP contribution < -0.4 is 16.0 Å². The Morgan fingerprint density at radius 3 is 2.41 bits per heavy atom. The largest absolute Gasteiger partial charge is 0.399 e. The third kappa shape index (κ3) is 3.12. The van der Waals surface area contributed by atoms with Crippen LogP contribution in [-0.4, -0.2) is 25.0 Å². The molecule has 3 N–H and O–H groups in total. The van der Waals surface area contributed by atoms with E-state index in [0.29, 0.717) is 6.04 Å². The molecule has 1 heterocycles. The summed E-state index contributed by atoms with van der Waals surface area (Å²) in [5, 5.41) is 2.98. The van der Waals surface area contributed by atoms with Gasteiger partial charge in [-0.2, -0.15) is 0 Å².